The zero-order valence-corrected chi connectivity index (χ0v) is 83.9. The van der Waals surface area contributed by atoms with E-state index in [1.165, 1.54) is 39.8 Å². The number of aromatic nitrogens is 1. The molecule has 3 rings (SSSR count). The third kappa shape index (κ3) is 54.9. The number of aliphatic hydroxyl groups excluding tert-OH is 5. The molecule has 0 spiro atoms. The van der Waals surface area contributed by atoms with Crippen LogP contribution in [0.15, 0.2) is 29.6 Å². The monoisotopic (exact) mass is 1960 g/mol. The molecule has 8 unspecified atom stereocenters. The van der Waals surface area contributed by atoms with Gasteiger partial charge in [0, 0.05) is 110 Å². The second-order valence-corrected chi connectivity index (χ2v) is 35.4. The van der Waals surface area contributed by atoms with Crippen LogP contribution in [-0.4, -0.2) is 342 Å². The van der Waals surface area contributed by atoms with Crippen molar-refractivity contribution in [3.63, 3.8) is 0 Å². The number of hydrogen-bond donors (Lipinski definition) is 14. The molecule has 1 saturated heterocycles. The summed E-state index contributed by atoms with van der Waals surface area (Å²) < 4.78 is 68.2. The summed E-state index contributed by atoms with van der Waals surface area (Å²) in [6, 6.07) is 3.62. The minimum Gasteiger partial charge on any atom is -0.481 e. The Morgan fingerprint density at radius 1 is 0.571 bits per heavy atom. The number of hydrogen-bond acceptors (Lipinski definition) is 34. The molecule has 1 aliphatic heterocycles. The number of aliphatic carboxylic acids is 2. The molecule has 2 heterocycles. The third-order valence-electron chi connectivity index (χ3n) is 20.8. The van der Waals surface area contributed by atoms with Crippen molar-refractivity contribution in [1.82, 2.24) is 52.0 Å². The molecule has 133 heavy (non-hydrogen) atoms. The van der Waals surface area contributed by atoms with Crippen LogP contribution in [-0.2, 0) is 96.8 Å². The van der Waals surface area contributed by atoms with Crippen LogP contribution in [0.25, 0.3) is 0 Å². The third-order valence-corrected chi connectivity index (χ3v) is 23.5. The summed E-state index contributed by atoms with van der Waals surface area (Å²) in [6.45, 7) is 25.9. The Kier molecular flexibility index (Phi) is 71.4. The van der Waals surface area contributed by atoms with Gasteiger partial charge in [-0.25, -0.2) is 24.2 Å². The second-order valence-electron chi connectivity index (χ2n) is 31.9. The van der Waals surface area contributed by atoms with Gasteiger partial charge in [0.15, 0.2) is 25.2 Å². The largest absolute Gasteiger partial charge is 0.481 e. The van der Waals surface area contributed by atoms with Crippen molar-refractivity contribution >= 4 is 98.6 Å². The number of esters is 1. The fraction of sp³-hybridized carbons (Fsp3) is 0.775. The van der Waals surface area contributed by atoms with Crippen molar-refractivity contribution in [1.29, 1.82) is 0 Å². The van der Waals surface area contributed by atoms with E-state index >= 15 is 0 Å². The fourth-order valence-electron chi connectivity index (χ4n) is 12.5. The van der Waals surface area contributed by atoms with Gasteiger partial charge in [-0.1, -0.05) is 137 Å². The first-order chi connectivity index (χ1) is 63.5. The van der Waals surface area contributed by atoms with Gasteiger partial charge in [-0.05, 0) is 120 Å². The van der Waals surface area contributed by atoms with Crippen molar-refractivity contribution in [2.75, 3.05) is 146 Å². The zero-order chi connectivity index (χ0) is 100. The number of amides is 8. The zero-order valence-electron chi connectivity index (χ0n) is 81.4. The maximum Gasteiger partial charge on any atom is 0.407 e. The Hall–Kier alpha value is -7.48. The van der Waals surface area contributed by atoms with Crippen molar-refractivity contribution in [3.8, 4) is 5.75 Å². The topological polar surface area (TPSA) is 553 Å². The first kappa shape index (κ1) is 126. The quantitative estimate of drug-likeness (QED) is 0.00769. The number of carbonyl (C=O) groups is 11. The number of benzene rings is 1. The Labute approximate surface area is 796 Å². The van der Waals surface area contributed by atoms with Crippen LogP contribution >= 0.6 is 32.9 Å². The van der Waals surface area contributed by atoms with E-state index in [1.807, 2.05) is 73.6 Å². The summed E-state index contributed by atoms with van der Waals surface area (Å²) in [5, 5.41) is 84.1. The Morgan fingerprint density at radius 3 is 1.49 bits per heavy atom. The molecular weight excluding hydrogens is 1800 g/mol. The summed E-state index contributed by atoms with van der Waals surface area (Å²) >= 11 is 1.28. The number of ether oxygens (including phenoxy) is 13. The number of nitrogens with zero attached hydrogens (tertiary/aromatic N) is 3. The van der Waals surface area contributed by atoms with Crippen molar-refractivity contribution in [2.45, 2.75) is 279 Å². The summed E-state index contributed by atoms with van der Waals surface area (Å²) in [5.41, 5.74) is 0.862. The average molecular weight is 1960 g/mol. The van der Waals surface area contributed by atoms with Gasteiger partial charge < -0.3 is 139 Å². The van der Waals surface area contributed by atoms with E-state index in [9.17, 15) is 63.0 Å². The van der Waals surface area contributed by atoms with E-state index in [0.29, 0.717) is 69.6 Å². The predicted molar refractivity (Wildman–Crippen MR) is 501 cm³/mol. The summed E-state index contributed by atoms with van der Waals surface area (Å²) in [5.74, 6) is -4.34. The molecule has 44 heteroatoms. The first-order valence-electron chi connectivity index (χ1n) is 45.6. The highest BCUT2D eigenvalue weighted by Gasteiger charge is 2.39. The lowest BCUT2D eigenvalue weighted by Gasteiger charge is -2.40. The number of likely N-dealkylation sites (N-methyl/N-ethyl adjacent to an activating group) is 1. The van der Waals surface area contributed by atoms with Crippen LogP contribution < -0.4 is 42.0 Å². The van der Waals surface area contributed by atoms with Crippen molar-refractivity contribution < 1.29 is 150 Å². The van der Waals surface area contributed by atoms with Gasteiger partial charge in [-0.3, -0.25) is 38.5 Å². The number of thiazole rings is 1. The van der Waals surface area contributed by atoms with Gasteiger partial charge in [-0.2, -0.15) is 0 Å². The van der Waals surface area contributed by atoms with Crippen LogP contribution in [0.4, 0.5) is 14.4 Å². The molecule has 768 valence electrons. The van der Waals surface area contributed by atoms with Crippen LogP contribution in [0.3, 0.4) is 0 Å². The summed E-state index contributed by atoms with van der Waals surface area (Å²) in [7, 11) is 10.9. The SMILES string of the molecule is CCC(CO)OC(CO)OC.CCC(CO)OC(COC(=O)NCCC(=O)NCCSSC)OC.CCC(CO)OC(COC(=O)NCCC(=O)O)OC.CCCO[C@H](C[C@H](C(C)C)N(CCC)C(=O)[C@@H](NC(=O)[C@H]1CCCCN1C)[C@@H](C)CC)c1nc(C(=O)N[C@@H](Cc2ccc(OC(=O)[C@H](NC(=O)CCNC(=O)OCC(OC)OC(CC)CO)C(C)C)cc2)C[C@H](C)C(=O)O)cs1. The fourth-order valence-corrected chi connectivity index (χ4v) is 14.5. The van der Waals surface area contributed by atoms with Gasteiger partial charge in [0.1, 0.15) is 54.5 Å². The number of carboxylic acid groups (broad SMARTS) is 2. The molecule has 1 aromatic carbocycles. The Balaban J connectivity index is 0.00000258. The minimum absolute atomic E-state index is 0.00309. The first-order valence-corrected chi connectivity index (χ1v) is 49.2. The van der Waals surface area contributed by atoms with Gasteiger partial charge in [0.2, 0.25) is 23.6 Å². The molecular formula is C89H158N10O31S3. The molecule has 16 atom stereocenters. The van der Waals surface area contributed by atoms with Crippen LogP contribution in [0.2, 0.25) is 0 Å². The van der Waals surface area contributed by atoms with Gasteiger partial charge in [0.25, 0.3) is 5.91 Å². The highest BCUT2D eigenvalue weighted by molar-refractivity contribution is 8.76. The normalized spacial score (nSPS) is 15.9. The molecule has 1 aromatic heterocycles. The molecule has 0 aliphatic carbocycles. The molecule has 41 nitrogen and oxygen atoms in total. The maximum atomic E-state index is 14.8. The van der Waals surface area contributed by atoms with Gasteiger partial charge in [-0.15, -0.1) is 11.3 Å². The Bertz CT molecular complexity index is 3490. The maximum absolute atomic E-state index is 14.8. The van der Waals surface area contributed by atoms with Gasteiger partial charge in [0.05, 0.1) is 75.8 Å². The highest BCUT2D eigenvalue weighted by atomic mass is 33.1. The average Bonchev–Trinajstić information content (AvgIpc) is 1.70. The standard InChI is InChI=1S/C57H93N7O14S.C14H28N2O6S2.C11H21NO7.C7H16O4/c1-13-26-64(54(69)50(37(9)15-3)62-52(68)44-19-17-18-27-63(44)11)45(35(5)6)31-46(75-28-14-2)53-60-43(34-79-53)51(67)59-40(29-38(10)55(70)71)30-39-20-22-42(23-21-39)78-56(72)49(36(7)8)61-47(66)24-25-58-57(73)76-33-48(74-12)77-41(16-4)32-65;1-4-11(9-17)22-13(20-2)10-21-14(19)16-6-5-12(18)15-7-8-24-23-3;1-3-8(6-13)19-10(17-2)7-18-11(16)12-5-4-9(14)15;1-3-6(4-8)11-7(5-9)10-2/h20-23,34-38,40-41,44-46,48-50,65H,13-19,24-33H2,1-12H3,(H,58,73)(H,59,67)(H,61,66)(H,62,68)(H,70,71);11,13,17H,4-10H2,1-3H3,(H,15,18)(H,16,19);8,10,13H,3-7H2,1-2H3,(H,12,16)(H,14,15);6-9H,3-5H2,1-2H3/t37-,38-,40+,41?,44+,45+,46+,48?,49+,50-;;;/m0.../s1. The smallest absolute Gasteiger partial charge is 0.407 e. The molecule has 0 saturated carbocycles. The molecule has 8 amide bonds. The van der Waals surface area contributed by atoms with E-state index in [4.69, 9.17) is 92.1 Å². The second kappa shape index (κ2) is 75.6. The number of aliphatic hydroxyl groups is 5. The van der Waals surface area contributed by atoms with Crippen LogP contribution in [0.1, 0.15) is 213 Å². The molecule has 14 N–H and O–H groups in total. The lowest BCUT2D eigenvalue weighted by Crippen LogP contribution is -2.58. The van der Waals surface area contributed by atoms with E-state index < -0.39 is 109 Å². The summed E-state index contributed by atoms with van der Waals surface area (Å²) in [6.07, 6.45) is 2.62. The molecule has 0 bridgehead atoms. The number of piperidine rings is 1. The molecule has 1 fully saturated rings. The number of carbonyl (C=O) groups excluding carboxylic acids is 9. The number of carboxylic acids is 2. The van der Waals surface area contributed by atoms with E-state index in [1.54, 1.807) is 72.0 Å². The minimum atomic E-state index is -1.02. The van der Waals surface area contributed by atoms with Crippen LogP contribution in [0, 0.1) is 23.7 Å². The Morgan fingerprint density at radius 2 is 1.07 bits per heavy atom. The number of alkyl carbamates (subject to hydrolysis) is 3. The van der Waals surface area contributed by atoms with Crippen molar-refractivity contribution in [3.05, 3.63) is 45.9 Å². The molecule has 0 radical (unpaired) electrons. The van der Waals surface area contributed by atoms with Crippen LogP contribution in [0.5, 0.6) is 5.75 Å². The van der Waals surface area contributed by atoms with Gasteiger partial charge >= 0.3 is 36.2 Å². The number of methoxy groups -OCH3 is 4. The molecule has 1 aliphatic rings. The lowest BCUT2D eigenvalue weighted by atomic mass is 9.92. The lowest BCUT2D eigenvalue weighted by molar-refractivity contribution is -0.181. The summed E-state index contributed by atoms with van der Waals surface area (Å²) in [4.78, 5) is 146. The highest BCUT2D eigenvalue weighted by Crippen LogP contribution is 2.33. The predicted octanol–water partition coefficient (Wildman–Crippen LogP) is 7.33. The van der Waals surface area contributed by atoms with Crippen molar-refractivity contribution in [2.24, 2.45) is 23.7 Å². The number of nitrogens with one attached hydrogen (secondary N) is 7. The molecule has 2 aromatic rings. The number of likely N-dealkylation sites (tertiary alicyclic amines) is 1. The van der Waals surface area contributed by atoms with E-state index in [-0.39, 0.29) is 182 Å². The number of rotatable bonds is 66. The van der Waals surface area contributed by atoms with E-state index in [0.717, 1.165) is 43.5 Å². The van der Waals surface area contributed by atoms with E-state index in [2.05, 4.69) is 56.0 Å².